The van der Waals surface area contributed by atoms with Gasteiger partial charge in [-0.05, 0) is 38.1 Å². The molecule has 3 heteroatoms. The summed E-state index contributed by atoms with van der Waals surface area (Å²) < 4.78 is 11.5. The molecule has 0 atom stereocenters. The van der Waals surface area contributed by atoms with Gasteiger partial charge >= 0.3 is 0 Å². The molecule has 0 N–H and O–H groups in total. The summed E-state index contributed by atoms with van der Waals surface area (Å²) in [4.78, 5) is 0. The molecule has 0 saturated carbocycles. The molecular formula is C15H17O2P. The predicted molar refractivity (Wildman–Crippen MR) is 76.5 cm³/mol. The molecule has 0 aliphatic heterocycles. The van der Waals surface area contributed by atoms with Crippen molar-refractivity contribution in [2.75, 3.05) is 6.66 Å². The maximum atomic E-state index is 5.75. The van der Waals surface area contributed by atoms with Crippen LogP contribution in [0.25, 0.3) is 0 Å². The highest BCUT2D eigenvalue weighted by Gasteiger charge is 2.07. The van der Waals surface area contributed by atoms with Crippen LogP contribution >= 0.6 is 8.38 Å². The Morgan fingerprint density at radius 1 is 0.667 bits per heavy atom. The van der Waals surface area contributed by atoms with E-state index in [1.54, 1.807) is 0 Å². The SMILES string of the molecule is Cc1ccc(OP(C)Oc2ccc(C)cc2)cc1. The molecule has 0 aromatic heterocycles. The van der Waals surface area contributed by atoms with Crippen LogP contribution in [0.3, 0.4) is 0 Å². The third kappa shape index (κ3) is 3.75. The van der Waals surface area contributed by atoms with E-state index in [-0.39, 0.29) is 0 Å². The largest absolute Gasteiger partial charge is 0.439 e. The van der Waals surface area contributed by atoms with Crippen molar-refractivity contribution in [1.82, 2.24) is 0 Å². The standard InChI is InChI=1S/C15H17O2P/c1-12-4-8-14(9-5-12)16-18(3)17-15-10-6-13(2)7-11-15/h4-11H,1-3H3. The zero-order valence-electron chi connectivity index (χ0n) is 10.9. The summed E-state index contributed by atoms with van der Waals surface area (Å²) in [5, 5.41) is 0. The molecule has 0 heterocycles. The molecule has 0 saturated heterocycles. The quantitative estimate of drug-likeness (QED) is 0.741. The lowest BCUT2D eigenvalue weighted by atomic mass is 10.2. The Hall–Kier alpha value is -1.53. The van der Waals surface area contributed by atoms with Crippen LogP contribution < -0.4 is 9.05 Å². The molecule has 0 aliphatic carbocycles. The van der Waals surface area contributed by atoms with Gasteiger partial charge in [0.25, 0.3) is 8.38 Å². The van der Waals surface area contributed by atoms with Gasteiger partial charge in [0.2, 0.25) is 0 Å². The van der Waals surface area contributed by atoms with E-state index in [0.717, 1.165) is 11.5 Å². The Kier molecular flexibility index (Phi) is 4.22. The van der Waals surface area contributed by atoms with Gasteiger partial charge in [-0.1, -0.05) is 35.4 Å². The molecule has 0 unspecified atom stereocenters. The highest BCUT2D eigenvalue weighted by atomic mass is 31.2. The monoisotopic (exact) mass is 260 g/mol. The van der Waals surface area contributed by atoms with Gasteiger partial charge in [0.1, 0.15) is 11.5 Å². The van der Waals surface area contributed by atoms with Gasteiger partial charge in [-0.3, -0.25) is 0 Å². The Labute approximate surface area is 109 Å². The fraction of sp³-hybridized carbons (Fsp3) is 0.200. The van der Waals surface area contributed by atoms with Gasteiger partial charge in [0.15, 0.2) is 0 Å². The summed E-state index contributed by atoms with van der Waals surface area (Å²) in [6, 6.07) is 16.0. The first-order valence-electron chi connectivity index (χ1n) is 5.86. The van der Waals surface area contributed by atoms with Crippen molar-refractivity contribution in [3.8, 4) is 11.5 Å². The van der Waals surface area contributed by atoms with Gasteiger partial charge in [-0.15, -0.1) is 0 Å². The molecule has 0 radical (unpaired) electrons. The zero-order chi connectivity index (χ0) is 13.0. The molecular weight excluding hydrogens is 243 g/mol. The van der Waals surface area contributed by atoms with Crippen molar-refractivity contribution in [3.63, 3.8) is 0 Å². The lowest BCUT2D eigenvalue weighted by Gasteiger charge is -2.15. The van der Waals surface area contributed by atoms with Crippen molar-refractivity contribution in [2.24, 2.45) is 0 Å². The number of hydrogen-bond donors (Lipinski definition) is 0. The molecule has 2 nitrogen and oxygen atoms in total. The fourth-order valence-electron chi connectivity index (χ4n) is 1.51. The van der Waals surface area contributed by atoms with Crippen LogP contribution in [0.4, 0.5) is 0 Å². The summed E-state index contributed by atoms with van der Waals surface area (Å²) in [6.45, 7) is 6.07. The van der Waals surface area contributed by atoms with E-state index >= 15 is 0 Å². The van der Waals surface area contributed by atoms with E-state index < -0.39 is 8.38 Å². The summed E-state index contributed by atoms with van der Waals surface area (Å²) in [7, 11) is -0.952. The smallest absolute Gasteiger partial charge is 0.286 e. The minimum absolute atomic E-state index is 0.848. The summed E-state index contributed by atoms with van der Waals surface area (Å²) in [5.41, 5.74) is 2.45. The van der Waals surface area contributed by atoms with Crippen molar-refractivity contribution >= 4 is 8.38 Å². The molecule has 2 aromatic rings. The van der Waals surface area contributed by atoms with Crippen LogP contribution in [0.5, 0.6) is 11.5 Å². The van der Waals surface area contributed by atoms with Gasteiger partial charge in [-0.2, -0.15) is 0 Å². The normalized spacial score (nSPS) is 10.4. The topological polar surface area (TPSA) is 18.5 Å². The molecule has 0 aliphatic rings. The maximum absolute atomic E-state index is 5.75. The second kappa shape index (κ2) is 5.88. The second-order valence-corrected chi connectivity index (χ2v) is 5.49. The molecule has 2 rings (SSSR count). The number of benzene rings is 2. The van der Waals surface area contributed by atoms with Gasteiger partial charge < -0.3 is 9.05 Å². The first-order valence-corrected chi connectivity index (χ1v) is 7.49. The Morgan fingerprint density at radius 3 is 1.33 bits per heavy atom. The predicted octanol–water partition coefficient (Wildman–Crippen LogP) is 4.70. The van der Waals surface area contributed by atoms with Crippen LogP contribution in [-0.4, -0.2) is 6.66 Å². The lowest BCUT2D eigenvalue weighted by molar-refractivity contribution is 0.496. The average Bonchev–Trinajstić information content (AvgIpc) is 2.35. The van der Waals surface area contributed by atoms with Crippen LogP contribution in [0.2, 0.25) is 0 Å². The number of hydrogen-bond acceptors (Lipinski definition) is 2. The van der Waals surface area contributed by atoms with Gasteiger partial charge in [-0.25, -0.2) is 0 Å². The van der Waals surface area contributed by atoms with Crippen LogP contribution in [0, 0.1) is 13.8 Å². The summed E-state index contributed by atoms with van der Waals surface area (Å²) in [5.74, 6) is 1.70. The third-order valence-corrected chi connectivity index (χ3v) is 3.45. The first kappa shape index (κ1) is 12.9. The van der Waals surface area contributed by atoms with Crippen molar-refractivity contribution in [3.05, 3.63) is 59.7 Å². The molecule has 0 bridgehead atoms. The average molecular weight is 260 g/mol. The van der Waals surface area contributed by atoms with E-state index in [9.17, 15) is 0 Å². The Morgan fingerprint density at radius 2 is 1.00 bits per heavy atom. The Balaban J connectivity index is 1.94. The molecule has 0 fully saturated rings. The molecule has 94 valence electrons. The van der Waals surface area contributed by atoms with E-state index in [1.807, 2.05) is 55.2 Å². The lowest BCUT2D eigenvalue weighted by Crippen LogP contribution is -1.93. The highest BCUT2D eigenvalue weighted by Crippen LogP contribution is 2.36. The van der Waals surface area contributed by atoms with Crippen LogP contribution in [0.1, 0.15) is 11.1 Å². The summed E-state index contributed by atoms with van der Waals surface area (Å²) in [6.07, 6.45) is 0. The number of rotatable bonds is 4. The minimum atomic E-state index is -0.952. The third-order valence-electron chi connectivity index (χ3n) is 2.51. The van der Waals surface area contributed by atoms with Crippen molar-refractivity contribution in [2.45, 2.75) is 13.8 Å². The molecule has 0 spiro atoms. The second-order valence-electron chi connectivity index (χ2n) is 4.25. The number of aryl methyl sites for hydroxylation is 2. The van der Waals surface area contributed by atoms with E-state index in [4.69, 9.17) is 9.05 Å². The summed E-state index contributed by atoms with van der Waals surface area (Å²) >= 11 is 0. The van der Waals surface area contributed by atoms with Crippen molar-refractivity contribution < 1.29 is 9.05 Å². The Bertz CT molecular complexity index is 443. The first-order chi connectivity index (χ1) is 8.63. The molecule has 0 amide bonds. The van der Waals surface area contributed by atoms with Crippen LogP contribution in [-0.2, 0) is 0 Å². The molecule has 18 heavy (non-hydrogen) atoms. The molecule has 2 aromatic carbocycles. The van der Waals surface area contributed by atoms with Crippen LogP contribution in [0.15, 0.2) is 48.5 Å². The maximum Gasteiger partial charge on any atom is 0.286 e. The van der Waals surface area contributed by atoms with Crippen molar-refractivity contribution in [1.29, 1.82) is 0 Å². The van der Waals surface area contributed by atoms with E-state index in [2.05, 4.69) is 13.8 Å². The van der Waals surface area contributed by atoms with Gasteiger partial charge in [0, 0.05) is 6.66 Å². The highest BCUT2D eigenvalue weighted by molar-refractivity contribution is 7.47. The minimum Gasteiger partial charge on any atom is -0.439 e. The fourth-order valence-corrected chi connectivity index (χ4v) is 2.39. The van der Waals surface area contributed by atoms with E-state index in [1.165, 1.54) is 11.1 Å². The van der Waals surface area contributed by atoms with Gasteiger partial charge in [0.05, 0.1) is 0 Å². The van der Waals surface area contributed by atoms with E-state index in [0.29, 0.717) is 0 Å². The zero-order valence-corrected chi connectivity index (χ0v) is 11.8.